The molecule has 4 nitrogen and oxygen atoms in total. The molecule has 8 aromatic rings. The molecule has 0 saturated heterocycles. The molecule has 0 unspecified atom stereocenters. The Morgan fingerprint density at radius 3 is 2.30 bits per heavy atom. The molecule has 3 aromatic heterocycles. The van der Waals surface area contributed by atoms with Crippen molar-refractivity contribution in [1.82, 2.24) is 19.5 Å². The third-order valence-corrected chi connectivity index (χ3v) is 8.73. The van der Waals surface area contributed by atoms with E-state index >= 15 is 0 Å². The highest BCUT2D eigenvalue weighted by Crippen LogP contribution is 2.40. The van der Waals surface area contributed by atoms with E-state index in [1.807, 2.05) is 6.20 Å². The molecule has 0 saturated carbocycles. The molecule has 0 aliphatic heterocycles. The second-order valence-corrected chi connectivity index (χ2v) is 12.5. The zero-order valence-corrected chi connectivity index (χ0v) is 24.8. The number of pyridine rings is 1. The SMILES string of the molecule is Cn1c(-c2cc(C(C)(C)C)cc3c2[nH]c2ccccc23)nc2c(-c3cccc(-c4cc5ccccc5cn4)c3)cccc21. The van der Waals surface area contributed by atoms with Gasteiger partial charge in [-0.15, -0.1) is 0 Å². The first kappa shape index (κ1) is 25.5. The minimum atomic E-state index is -0.00566. The molecule has 208 valence electrons. The molecular weight excluding hydrogens is 524 g/mol. The van der Waals surface area contributed by atoms with Gasteiger partial charge in [-0.1, -0.05) is 93.6 Å². The predicted octanol–water partition coefficient (Wildman–Crippen LogP) is 10.1. The Labute approximate surface area is 250 Å². The normalized spacial score (nSPS) is 12.2. The van der Waals surface area contributed by atoms with Crippen molar-refractivity contribution in [2.75, 3.05) is 0 Å². The van der Waals surface area contributed by atoms with E-state index in [0.29, 0.717) is 0 Å². The molecule has 0 atom stereocenters. The van der Waals surface area contributed by atoms with Crippen molar-refractivity contribution in [2.24, 2.45) is 7.05 Å². The lowest BCUT2D eigenvalue weighted by Gasteiger charge is -2.20. The second-order valence-electron chi connectivity index (χ2n) is 12.5. The zero-order chi connectivity index (χ0) is 29.3. The van der Waals surface area contributed by atoms with Crippen LogP contribution in [0.15, 0.2) is 115 Å². The topological polar surface area (TPSA) is 46.5 Å². The first-order chi connectivity index (χ1) is 20.8. The van der Waals surface area contributed by atoms with Gasteiger partial charge in [0.25, 0.3) is 0 Å². The Morgan fingerprint density at radius 2 is 1.44 bits per heavy atom. The first-order valence-corrected chi connectivity index (χ1v) is 14.8. The number of hydrogen-bond acceptors (Lipinski definition) is 2. The molecule has 0 spiro atoms. The zero-order valence-electron chi connectivity index (χ0n) is 24.8. The highest BCUT2D eigenvalue weighted by Gasteiger charge is 2.22. The molecular formula is C39H32N4. The van der Waals surface area contributed by atoms with Crippen molar-refractivity contribution in [1.29, 1.82) is 0 Å². The molecule has 0 aliphatic rings. The molecule has 0 aliphatic carbocycles. The number of imidazole rings is 1. The molecule has 0 fully saturated rings. The summed E-state index contributed by atoms with van der Waals surface area (Å²) in [5.41, 5.74) is 11.1. The maximum atomic E-state index is 5.37. The second kappa shape index (κ2) is 9.40. The van der Waals surface area contributed by atoms with Crippen molar-refractivity contribution in [2.45, 2.75) is 26.2 Å². The van der Waals surface area contributed by atoms with Crippen LogP contribution in [0.5, 0.6) is 0 Å². The molecule has 1 N–H and O–H groups in total. The first-order valence-electron chi connectivity index (χ1n) is 14.8. The van der Waals surface area contributed by atoms with Crippen LogP contribution in [-0.2, 0) is 12.5 Å². The number of benzene rings is 5. The standard InChI is InChI=1S/C39H32N4/c1-39(2,3)28-21-31-30-15-7-8-17-33(30)41-36(31)32(22-28)38-42-37-29(16-10-18-35(37)43(38)4)25-13-9-14-26(19-25)34-20-24-11-5-6-12-27(24)23-40-34/h5-23,41H,1-4H3. The van der Waals surface area contributed by atoms with Gasteiger partial charge in [0.05, 0.1) is 22.2 Å². The fraction of sp³-hybridized carbons (Fsp3) is 0.128. The number of H-pyrrole nitrogens is 1. The van der Waals surface area contributed by atoms with Gasteiger partial charge in [-0.25, -0.2) is 4.98 Å². The molecule has 0 bridgehead atoms. The van der Waals surface area contributed by atoms with Crippen LogP contribution in [0, 0.1) is 0 Å². The average Bonchev–Trinajstić information content (AvgIpc) is 3.57. The van der Waals surface area contributed by atoms with Crippen LogP contribution >= 0.6 is 0 Å². The van der Waals surface area contributed by atoms with E-state index in [1.54, 1.807) is 0 Å². The van der Waals surface area contributed by atoms with E-state index in [2.05, 4.69) is 147 Å². The maximum Gasteiger partial charge on any atom is 0.143 e. The molecule has 4 heteroatoms. The smallest absolute Gasteiger partial charge is 0.143 e. The van der Waals surface area contributed by atoms with Crippen LogP contribution in [0.4, 0.5) is 0 Å². The lowest BCUT2D eigenvalue weighted by molar-refractivity contribution is 0.591. The van der Waals surface area contributed by atoms with Gasteiger partial charge < -0.3 is 9.55 Å². The van der Waals surface area contributed by atoms with Gasteiger partial charge in [-0.2, -0.15) is 0 Å². The fourth-order valence-corrected chi connectivity index (χ4v) is 6.34. The Hall–Kier alpha value is -5.22. The summed E-state index contributed by atoms with van der Waals surface area (Å²) in [7, 11) is 2.13. The number of aromatic nitrogens is 4. The van der Waals surface area contributed by atoms with Crippen LogP contribution in [-0.4, -0.2) is 19.5 Å². The van der Waals surface area contributed by atoms with Crippen LogP contribution < -0.4 is 0 Å². The number of aryl methyl sites for hydroxylation is 1. The number of hydrogen-bond donors (Lipinski definition) is 1. The van der Waals surface area contributed by atoms with E-state index in [9.17, 15) is 0 Å². The average molecular weight is 557 g/mol. The summed E-state index contributed by atoms with van der Waals surface area (Å²) in [6.45, 7) is 6.83. The lowest BCUT2D eigenvalue weighted by Crippen LogP contribution is -2.11. The largest absolute Gasteiger partial charge is 0.354 e. The van der Waals surface area contributed by atoms with Gasteiger partial charge in [0.15, 0.2) is 0 Å². The number of aromatic amines is 1. The number of fused-ring (bicyclic) bond motifs is 5. The third kappa shape index (κ3) is 4.13. The van der Waals surface area contributed by atoms with Gasteiger partial charge in [0.2, 0.25) is 0 Å². The Balaban J connectivity index is 1.32. The molecule has 8 rings (SSSR count). The monoisotopic (exact) mass is 556 g/mol. The van der Waals surface area contributed by atoms with Crippen molar-refractivity contribution >= 4 is 43.6 Å². The van der Waals surface area contributed by atoms with Gasteiger partial charge in [-0.3, -0.25) is 4.98 Å². The molecule has 3 heterocycles. The van der Waals surface area contributed by atoms with Gasteiger partial charge in [0, 0.05) is 51.6 Å². The summed E-state index contributed by atoms with van der Waals surface area (Å²) < 4.78 is 2.24. The number of nitrogens with zero attached hydrogens (tertiary/aromatic N) is 3. The summed E-state index contributed by atoms with van der Waals surface area (Å²) >= 11 is 0. The third-order valence-electron chi connectivity index (χ3n) is 8.73. The predicted molar refractivity (Wildman–Crippen MR) is 180 cm³/mol. The van der Waals surface area contributed by atoms with Gasteiger partial charge in [-0.05, 0) is 58.3 Å². The van der Waals surface area contributed by atoms with E-state index in [4.69, 9.17) is 9.97 Å². The molecule has 43 heavy (non-hydrogen) atoms. The minimum absolute atomic E-state index is 0.00566. The summed E-state index contributed by atoms with van der Waals surface area (Å²) in [4.78, 5) is 13.9. The van der Waals surface area contributed by atoms with Crippen LogP contribution in [0.3, 0.4) is 0 Å². The molecule has 5 aromatic carbocycles. The van der Waals surface area contributed by atoms with Crippen molar-refractivity contribution < 1.29 is 0 Å². The highest BCUT2D eigenvalue weighted by molar-refractivity contribution is 6.12. The lowest BCUT2D eigenvalue weighted by atomic mass is 9.85. The number of rotatable bonds is 3. The Kier molecular flexibility index (Phi) is 5.57. The Bertz CT molecular complexity index is 2350. The van der Waals surface area contributed by atoms with Crippen LogP contribution in [0.2, 0.25) is 0 Å². The Morgan fingerprint density at radius 1 is 0.674 bits per heavy atom. The van der Waals surface area contributed by atoms with Crippen molar-refractivity contribution in [3.05, 3.63) is 121 Å². The summed E-state index contributed by atoms with van der Waals surface area (Å²) in [5.74, 6) is 0.956. The van der Waals surface area contributed by atoms with E-state index in [0.717, 1.165) is 61.2 Å². The van der Waals surface area contributed by atoms with E-state index in [-0.39, 0.29) is 5.41 Å². The van der Waals surface area contributed by atoms with Gasteiger partial charge in [0.1, 0.15) is 5.82 Å². The fourth-order valence-electron chi connectivity index (χ4n) is 6.34. The van der Waals surface area contributed by atoms with E-state index < -0.39 is 0 Å². The maximum absolute atomic E-state index is 5.37. The number of nitrogens with one attached hydrogen (secondary N) is 1. The summed E-state index contributed by atoms with van der Waals surface area (Å²) in [5, 5.41) is 4.81. The van der Waals surface area contributed by atoms with Crippen LogP contribution in [0.25, 0.3) is 77.4 Å². The van der Waals surface area contributed by atoms with Crippen molar-refractivity contribution in [3.63, 3.8) is 0 Å². The van der Waals surface area contributed by atoms with E-state index in [1.165, 1.54) is 21.7 Å². The van der Waals surface area contributed by atoms with Crippen LogP contribution in [0.1, 0.15) is 26.3 Å². The highest BCUT2D eigenvalue weighted by atomic mass is 15.1. The minimum Gasteiger partial charge on any atom is -0.354 e. The summed E-state index contributed by atoms with van der Waals surface area (Å²) in [6, 6.07) is 38.9. The molecule has 0 radical (unpaired) electrons. The van der Waals surface area contributed by atoms with Crippen molar-refractivity contribution in [3.8, 4) is 33.8 Å². The van der Waals surface area contributed by atoms with Gasteiger partial charge >= 0.3 is 0 Å². The number of para-hydroxylation sites is 2. The molecule has 0 amide bonds. The summed E-state index contributed by atoms with van der Waals surface area (Å²) in [6.07, 6.45) is 1.96. The quantitative estimate of drug-likeness (QED) is 0.235.